The molecular formula is C2H11NOSi2. The van der Waals surface area contributed by atoms with Gasteiger partial charge in [0.2, 0.25) is 9.92 Å². The first-order valence-corrected chi connectivity index (χ1v) is 4.01. The molecule has 0 saturated carbocycles. The predicted molar refractivity (Wildman–Crippen MR) is 33.3 cm³/mol. The van der Waals surface area contributed by atoms with Crippen molar-refractivity contribution in [1.29, 1.82) is 0 Å². The largest absolute Gasteiger partial charge is 0.412 e. The second-order valence-corrected chi connectivity index (χ2v) is 6.39. The van der Waals surface area contributed by atoms with E-state index in [1.165, 1.54) is 0 Å². The molecule has 2 nitrogen and oxygen atoms in total. The Morgan fingerprint density at radius 1 is 1.83 bits per heavy atom. The molecule has 0 aromatic carbocycles. The molecule has 0 fully saturated rings. The lowest BCUT2D eigenvalue weighted by atomic mass is 11.6. The third-order valence-electron chi connectivity index (χ3n) is 0.387. The lowest BCUT2D eigenvalue weighted by Gasteiger charge is -2.03. The zero-order valence-corrected chi connectivity index (χ0v) is 7.98. The van der Waals surface area contributed by atoms with Crippen LogP contribution in [0.3, 0.4) is 0 Å². The minimum Gasteiger partial charge on any atom is -0.412 e. The number of hydrogen-bond acceptors (Lipinski definition) is 2. The lowest BCUT2D eigenvalue weighted by Crippen LogP contribution is -2.20. The molecule has 0 aliphatic rings. The van der Waals surface area contributed by atoms with Gasteiger partial charge in [-0.15, -0.1) is 0 Å². The van der Waals surface area contributed by atoms with Crippen LogP contribution in [0.1, 0.15) is 0 Å². The molecule has 0 aromatic rings. The van der Waals surface area contributed by atoms with Crippen LogP contribution in [-0.4, -0.2) is 38.7 Å². The van der Waals surface area contributed by atoms with Crippen molar-refractivity contribution in [3.63, 3.8) is 0 Å². The monoisotopic (exact) mass is 121 g/mol. The highest BCUT2D eigenvalue weighted by molar-refractivity contribution is 6.35. The average Bonchev–Trinajstić information content (AvgIpc) is 1.35. The van der Waals surface area contributed by atoms with E-state index in [-0.39, 0.29) is 9.92 Å². The third kappa shape index (κ3) is 4.35. The Bertz CT molecular complexity index is 32.7. The number of rotatable bonds is 2. The van der Waals surface area contributed by atoms with Crippen LogP contribution in [0, 0.1) is 0 Å². The Morgan fingerprint density at radius 2 is 2.33 bits per heavy atom. The summed E-state index contributed by atoms with van der Waals surface area (Å²) < 4.78 is 7.14. The fourth-order valence-corrected chi connectivity index (χ4v) is 1.55. The fourth-order valence-electron chi connectivity index (χ4n) is 0.258. The van der Waals surface area contributed by atoms with Crippen LogP contribution in [-0.2, 0) is 4.43 Å². The van der Waals surface area contributed by atoms with Crippen LogP contribution in [0.4, 0.5) is 0 Å². The summed E-state index contributed by atoms with van der Waals surface area (Å²) in [7, 11) is 4.75. The Morgan fingerprint density at radius 3 is 2.33 bits per heavy atom. The molecule has 0 bridgehead atoms. The summed E-state index contributed by atoms with van der Waals surface area (Å²) in [5, 5.41) is 0. The third-order valence-corrected chi connectivity index (χ3v) is 1.94. The van der Waals surface area contributed by atoms with Gasteiger partial charge >= 0.3 is 0 Å². The zero-order valence-electron chi connectivity index (χ0n) is 4.56. The van der Waals surface area contributed by atoms with Gasteiger partial charge in [-0.3, -0.25) is 0 Å². The van der Waals surface area contributed by atoms with Gasteiger partial charge in [0.15, 0.2) is 0 Å². The summed E-state index contributed by atoms with van der Waals surface area (Å²) in [4.78, 5) is 0. The van der Waals surface area contributed by atoms with Crippen molar-refractivity contribution in [2.45, 2.75) is 0 Å². The van der Waals surface area contributed by atoms with Gasteiger partial charge in [0.05, 0.1) is 10.4 Å². The minimum absolute atomic E-state index is 0.248. The highest BCUT2D eigenvalue weighted by Crippen LogP contribution is 1.62. The van der Waals surface area contributed by atoms with E-state index >= 15 is 0 Å². The Balaban J connectivity index is 2.63. The van der Waals surface area contributed by atoms with Crippen LogP contribution in [0.5, 0.6) is 0 Å². The van der Waals surface area contributed by atoms with Crippen LogP contribution >= 0.6 is 0 Å². The molecule has 0 rings (SSSR count). The van der Waals surface area contributed by atoms with Gasteiger partial charge in [-0.25, -0.2) is 0 Å². The molecule has 0 saturated heterocycles. The molecule has 4 heteroatoms. The smallest absolute Gasteiger partial charge is 0.230 e. The first-order valence-electron chi connectivity index (χ1n) is 1.91. The predicted octanol–water partition coefficient (Wildman–Crippen LogP) is -2.16. The Labute approximate surface area is 44.0 Å². The van der Waals surface area contributed by atoms with E-state index in [1.807, 2.05) is 0 Å². The first kappa shape index (κ1) is 6.35. The molecule has 0 N–H and O–H groups in total. The van der Waals surface area contributed by atoms with Gasteiger partial charge < -0.3 is 8.66 Å². The molecule has 6 heavy (non-hydrogen) atoms. The van der Waals surface area contributed by atoms with E-state index in [4.69, 9.17) is 4.43 Å². The van der Waals surface area contributed by atoms with Crippen molar-refractivity contribution < 1.29 is 4.43 Å². The maximum absolute atomic E-state index is 4.90. The highest BCUT2D eigenvalue weighted by atomic mass is 28.3. The number of hydrogen-bond donors (Lipinski definition) is 0. The van der Waals surface area contributed by atoms with Crippen LogP contribution < -0.4 is 0 Å². The second kappa shape index (κ2) is 3.54. The van der Waals surface area contributed by atoms with E-state index in [0.717, 1.165) is 10.4 Å². The summed E-state index contributed by atoms with van der Waals surface area (Å²) in [5.41, 5.74) is 0. The molecule has 0 unspecified atom stereocenters. The van der Waals surface area contributed by atoms with Crippen molar-refractivity contribution in [3.05, 3.63) is 0 Å². The molecule has 0 amide bonds. The quantitative estimate of drug-likeness (QED) is 0.386. The Hall–Kier alpha value is 0.354. The molecule has 0 atom stereocenters. The van der Waals surface area contributed by atoms with E-state index in [0.29, 0.717) is 0 Å². The topological polar surface area (TPSA) is 12.5 Å². The highest BCUT2D eigenvalue weighted by Gasteiger charge is 1.81. The van der Waals surface area contributed by atoms with Gasteiger partial charge in [0.1, 0.15) is 0 Å². The molecular weight excluding hydrogens is 110 g/mol. The number of nitrogens with zero attached hydrogens (tertiary/aromatic N) is 1. The molecule has 0 aromatic heterocycles. The zero-order chi connectivity index (χ0) is 4.99. The standard InChI is InChI=1S/C2H11NOSi2/c1-3(5)6-4-2/h6H2,1-2,5H3. The van der Waals surface area contributed by atoms with Gasteiger partial charge in [0.25, 0.3) is 0 Å². The minimum atomic E-state index is -0.248. The molecule has 0 aliphatic heterocycles. The van der Waals surface area contributed by atoms with Crippen molar-refractivity contribution >= 4 is 20.3 Å². The van der Waals surface area contributed by atoms with Crippen molar-refractivity contribution in [2.24, 2.45) is 0 Å². The lowest BCUT2D eigenvalue weighted by molar-refractivity contribution is 0.414. The fraction of sp³-hybridized carbons (Fsp3) is 1.00. The van der Waals surface area contributed by atoms with E-state index < -0.39 is 0 Å². The summed E-state index contributed by atoms with van der Waals surface area (Å²) in [6.07, 6.45) is 0. The summed E-state index contributed by atoms with van der Waals surface area (Å²) >= 11 is 0. The average molecular weight is 121 g/mol. The summed E-state index contributed by atoms with van der Waals surface area (Å²) in [6.45, 7) is 0. The van der Waals surface area contributed by atoms with E-state index in [1.54, 1.807) is 7.11 Å². The van der Waals surface area contributed by atoms with Crippen LogP contribution in [0.25, 0.3) is 0 Å². The first-order chi connectivity index (χ1) is 2.77. The summed E-state index contributed by atoms with van der Waals surface area (Å²) in [5.74, 6) is 0. The van der Waals surface area contributed by atoms with E-state index in [2.05, 4.69) is 11.3 Å². The van der Waals surface area contributed by atoms with Crippen LogP contribution in [0.15, 0.2) is 0 Å². The normalized spacial score (nSPS) is 12.5. The van der Waals surface area contributed by atoms with Crippen LogP contribution in [0.2, 0.25) is 0 Å². The maximum atomic E-state index is 4.90. The second-order valence-electron chi connectivity index (χ2n) is 1.50. The van der Waals surface area contributed by atoms with Crippen molar-refractivity contribution in [3.8, 4) is 0 Å². The maximum Gasteiger partial charge on any atom is 0.230 e. The van der Waals surface area contributed by atoms with Gasteiger partial charge in [-0.2, -0.15) is 0 Å². The SMILES string of the molecule is CO[SiH2]N(C)[SiH3]. The van der Waals surface area contributed by atoms with Gasteiger partial charge in [-0.1, -0.05) is 0 Å². The molecule has 0 heterocycles. The molecule has 0 spiro atoms. The molecule has 0 aliphatic carbocycles. The summed E-state index contributed by atoms with van der Waals surface area (Å²) in [6, 6.07) is 0. The van der Waals surface area contributed by atoms with Crippen molar-refractivity contribution in [1.82, 2.24) is 4.23 Å². The van der Waals surface area contributed by atoms with E-state index in [9.17, 15) is 0 Å². The van der Waals surface area contributed by atoms with Gasteiger partial charge in [0, 0.05) is 7.11 Å². The Kier molecular flexibility index (Phi) is 3.75. The van der Waals surface area contributed by atoms with Gasteiger partial charge in [-0.05, 0) is 7.05 Å². The molecule has 0 radical (unpaired) electrons. The van der Waals surface area contributed by atoms with Crippen molar-refractivity contribution in [2.75, 3.05) is 14.2 Å². The molecule has 38 valence electrons.